The quantitative estimate of drug-likeness (QED) is 0.486. The summed E-state index contributed by atoms with van der Waals surface area (Å²) in [5.74, 6) is -0.879. The molecule has 1 aromatic heterocycles. The third kappa shape index (κ3) is 3.95. The molecule has 2 atom stereocenters. The highest BCUT2D eigenvalue weighted by atomic mass is 32.1. The lowest BCUT2D eigenvalue weighted by Crippen LogP contribution is -2.41. The van der Waals surface area contributed by atoms with Crippen LogP contribution in [0, 0.1) is 11.8 Å². The molecule has 0 bridgehead atoms. The monoisotopic (exact) mass is 461 g/mol. The smallest absolute Gasteiger partial charge is 0.253 e. The number of aromatic nitrogens is 1. The Morgan fingerprint density at radius 1 is 1.03 bits per heavy atom. The lowest BCUT2D eigenvalue weighted by atomic mass is 9.81. The van der Waals surface area contributed by atoms with Crippen LogP contribution < -0.4 is 4.90 Å². The summed E-state index contributed by atoms with van der Waals surface area (Å²) in [6.07, 6.45) is 3.39. The molecule has 3 amide bonds. The summed E-state index contributed by atoms with van der Waals surface area (Å²) < 4.78 is 0.975. The molecule has 2 fully saturated rings. The Hall–Kier alpha value is -3.06. The predicted molar refractivity (Wildman–Crippen MR) is 129 cm³/mol. The molecule has 0 spiro atoms. The van der Waals surface area contributed by atoms with Crippen LogP contribution in [0.4, 0.5) is 10.8 Å². The van der Waals surface area contributed by atoms with Gasteiger partial charge in [0.1, 0.15) is 6.54 Å². The number of amides is 3. The number of thiazole rings is 1. The number of rotatable bonds is 5. The average molecular weight is 462 g/mol. The van der Waals surface area contributed by atoms with Gasteiger partial charge in [0.15, 0.2) is 5.13 Å². The molecule has 2 aromatic carbocycles. The standard InChI is InChI=1S/C26H27N3O3S/c1-16(2)17-11-13-18(14-12-17)29(26-27-21-9-5-6-10-22(21)33-26)23(30)15-28-24(31)19-7-3-4-8-20(19)25(28)32/h5-6,9-14,16,19-20H,3-4,7-8,15H2,1-2H3. The van der Waals surface area contributed by atoms with Crippen LogP contribution in [0.15, 0.2) is 48.5 Å². The first-order valence-corrected chi connectivity index (χ1v) is 12.4. The van der Waals surface area contributed by atoms with E-state index >= 15 is 0 Å². The first-order chi connectivity index (χ1) is 15.9. The van der Waals surface area contributed by atoms with Crippen LogP contribution in [0.5, 0.6) is 0 Å². The zero-order valence-corrected chi connectivity index (χ0v) is 19.7. The van der Waals surface area contributed by atoms with Crippen LogP contribution in [-0.2, 0) is 14.4 Å². The molecule has 7 heteroatoms. The average Bonchev–Trinajstić information content (AvgIpc) is 3.34. The van der Waals surface area contributed by atoms with Gasteiger partial charge in [-0.15, -0.1) is 0 Å². The Morgan fingerprint density at radius 3 is 2.27 bits per heavy atom. The molecule has 1 saturated heterocycles. The molecule has 2 unspecified atom stereocenters. The molecule has 0 radical (unpaired) electrons. The lowest BCUT2D eigenvalue weighted by Gasteiger charge is -2.23. The number of hydrogen-bond donors (Lipinski definition) is 0. The van der Waals surface area contributed by atoms with Gasteiger partial charge in [-0.05, 0) is 48.6 Å². The molecule has 6 nitrogen and oxygen atoms in total. The van der Waals surface area contributed by atoms with Gasteiger partial charge in [-0.3, -0.25) is 24.2 Å². The Bertz CT molecular complexity index is 1160. The summed E-state index contributed by atoms with van der Waals surface area (Å²) in [5.41, 5.74) is 2.66. The van der Waals surface area contributed by atoms with Gasteiger partial charge in [0.2, 0.25) is 11.8 Å². The van der Waals surface area contributed by atoms with E-state index in [0.717, 1.165) is 35.9 Å². The number of carbonyl (C=O) groups is 3. The lowest BCUT2D eigenvalue weighted by molar-refractivity contribution is -0.143. The van der Waals surface area contributed by atoms with E-state index in [-0.39, 0.29) is 36.1 Å². The fourth-order valence-corrected chi connectivity index (χ4v) is 5.92. The van der Waals surface area contributed by atoms with Crippen molar-refractivity contribution in [2.45, 2.75) is 45.4 Å². The van der Waals surface area contributed by atoms with Crippen LogP contribution in [0.2, 0.25) is 0 Å². The molecular formula is C26H27N3O3S. The van der Waals surface area contributed by atoms with Crippen molar-refractivity contribution in [3.63, 3.8) is 0 Å². The Morgan fingerprint density at radius 2 is 1.67 bits per heavy atom. The first kappa shape index (κ1) is 21.8. The molecule has 5 rings (SSSR count). The molecule has 3 aromatic rings. The van der Waals surface area contributed by atoms with E-state index in [0.29, 0.717) is 16.7 Å². The summed E-state index contributed by atoms with van der Waals surface area (Å²) in [5, 5.41) is 0.537. The van der Waals surface area contributed by atoms with Gasteiger partial charge in [0, 0.05) is 0 Å². The van der Waals surface area contributed by atoms with Crippen molar-refractivity contribution in [2.75, 3.05) is 11.4 Å². The molecule has 0 N–H and O–H groups in total. The minimum absolute atomic E-state index is 0.197. The van der Waals surface area contributed by atoms with E-state index < -0.39 is 0 Å². The number of likely N-dealkylation sites (tertiary alicyclic amines) is 1. The molecule has 33 heavy (non-hydrogen) atoms. The maximum Gasteiger partial charge on any atom is 0.253 e. The molecule has 1 aliphatic carbocycles. The van der Waals surface area contributed by atoms with Crippen LogP contribution in [-0.4, -0.2) is 34.2 Å². The summed E-state index contributed by atoms with van der Waals surface area (Å²) in [4.78, 5) is 47.0. The summed E-state index contributed by atoms with van der Waals surface area (Å²) in [6.45, 7) is 3.98. The van der Waals surface area contributed by atoms with E-state index in [4.69, 9.17) is 0 Å². The first-order valence-electron chi connectivity index (χ1n) is 11.6. The van der Waals surface area contributed by atoms with Crippen molar-refractivity contribution < 1.29 is 14.4 Å². The number of fused-ring (bicyclic) bond motifs is 2. The molecule has 1 aliphatic heterocycles. The van der Waals surface area contributed by atoms with Gasteiger partial charge < -0.3 is 0 Å². The minimum Gasteiger partial charge on any atom is -0.274 e. The number of imide groups is 1. The van der Waals surface area contributed by atoms with E-state index in [1.165, 1.54) is 21.8 Å². The van der Waals surface area contributed by atoms with Gasteiger partial charge in [0.05, 0.1) is 27.7 Å². The van der Waals surface area contributed by atoms with Gasteiger partial charge in [-0.25, -0.2) is 4.98 Å². The van der Waals surface area contributed by atoms with Crippen LogP contribution in [0.1, 0.15) is 51.0 Å². The molecular weight excluding hydrogens is 434 g/mol. The maximum absolute atomic E-state index is 13.6. The number of anilines is 2. The van der Waals surface area contributed by atoms with Gasteiger partial charge >= 0.3 is 0 Å². The number of carbonyl (C=O) groups excluding carboxylic acids is 3. The highest BCUT2D eigenvalue weighted by Crippen LogP contribution is 2.39. The highest BCUT2D eigenvalue weighted by molar-refractivity contribution is 7.22. The van der Waals surface area contributed by atoms with Crippen molar-refractivity contribution in [3.05, 3.63) is 54.1 Å². The van der Waals surface area contributed by atoms with Gasteiger partial charge in [0.25, 0.3) is 5.91 Å². The number of para-hydroxylation sites is 1. The van der Waals surface area contributed by atoms with E-state index in [2.05, 4.69) is 18.8 Å². The second-order valence-corrected chi connectivity index (χ2v) is 10.2. The molecule has 170 valence electrons. The Labute approximate surface area is 197 Å². The fourth-order valence-electron chi connectivity index (χ4n) is 4.92. The number of nitrogens with zero attached hydrogens (tertiary/aromatic N) is 3. The van der Waals surface area contributed by atoms with Crippen LogP contribution >= 0.6 is 11.3 Å². The maximum atomic E-state index is 13.6. The third-order valence-corrected chi connectivity index (χ3v) is 7.79. The van der Waals surface area contributed by atoms with Crippen molar-refractivity contribution in [1.82, 2.24) is 9.88 Å². The fraction of sp³-hybridized carbons (Fsp3) is 0.385. The number of hydrogen-bond acceptors (Lipinski definition) is 5. The highest BCUT2D eigenvalue weighted by Gasteiger charge is 2.49. The van der Waals surface area contributed by atoms with Crippen molar-refractivity contribution >= 4 is 50.1 Å². The van der Waals surface area contributed by atoms with E-state index in [9.17, 15) is 14.4 Å². The zero-order valence-electron chi connectivity index (χ0n) is 18.9. The predicted octanol–water partition coefficient (Wildman–Crippen LogP) is 5.26. The molecule has 2 aliphatic rings. The van der Waals surface area contributed by atoms with E-state index in [1.807, 2.05) is 48.5 Å². The summed E-state index contributed by atoms with van der Waals surface area (Å²) >= 11 is 1.42. The molecule has 2 heterocycles. The second-order valence-electron chi connectivity index (χ2n) is 9.20. The SMILES string of the molecule is CC(C)c1ccc(N(C(=O)CN2C(=O)C3CCCCC3C2=O)c2nc3ccccc3s2)cc1. The molecule has 1 saturated carbocycles. The Kier molecular flexibility index (Phi) is 5.74. The Balaban J connectivity index is 1.49. The van der Waals surface area contributed by atoms with Gasteiger partial charge in [-0.2, -0.15) is 0 Å². The largest absolute Gasteiger partial charge is 0.274 e. The number of benzene rings is 2. The summed E-state index contributed by atoms with van der Waals surface area (Å²) in [7, 11) is 0. The topological polar surface area (TPSA) is 70.6 Å². The minimum atomic E-state index is -0.327. The van der Waals surface area contributed by atoms with Crippen LogP contribution in [0.3, 0.4) is 0 Å². The normalized spacial score (nSPS) is 20.5. The van der Waals surface area contributed by atoms with Crippen molar-refractivity contribution in [1.29, 1.82) is 0 Å². The van der Waals surface area contributed by atoms with Crippen molar-refractivity contribution in [3.8, 4) is 0 Å². The summed E-state index contributed by atoms with van der Waals surface area (Å²) in [6, 6.07) is 15.6. The van der Waals surface area contributed by atoms with Crippen molar-refractivity contribution in [2.24, 2.45) is 11.8 Å². The zero-order chi connectivity index (χ0) is 23.1. The van der Waals surface area contributed by atoms with E-state index in [1.54, 1.807) is 4.90 Å². The second kappa shape index (κ2) is 8.71. The van der Waals surface area contributed by atoms with Gasteiger partial charge in [-0.1, -0.05) is 62.3 Å². The third-order valence-electron chi connectivity index (χ3n) is 6.77. The van der Waals surface area contributed by atoms with Crippen LogP contribution in [0.25, 0.3) is 10.2 Å².